The molecule has 1 amide bonds. The van der Waals surface area contributed by atoms with Crippen molar-refractivity contribution in [3.8, 4) is 0 Å². The fourth-order valence-corrected chi connectivity index (χ4v) is 3.07. The predicted octanol–water partition coefficient (Wildman–Crippen LogP) is 1.33. The van der Waals surface area contributed by atoms with Gasteiger partial charge in [0.15, 0.2) is 0 Å². The summed E-state index contributed by atoms with van der Waals surface area (Å²) < 4.78 is 0. The zero-order valence-electron chi connectivity index (χ0n) is 13.5. The molecule has 0 aromatic carbocycles. The molecular weight excluding hydrogens is 238 g/mol. The van der Waals surface area contributed by atoms with E-state index < -0.39 is 0 Å². The van der Waals surface area contributed by atoms with Gasteiger partial charge in [-0.15, -0.1) is 0 Å². The highest BCUT2D eigenvalue weighted by molar-refractivity contribution is 5.83. The molecule has 1 unspecified atom stereocenters. The predicted molar refractivity (Wildman–Crippen MR) is 80.1 cm³/mol. The van der Waals surface area contributed by atoms with E-state index in [1.165, 1.54) is 0 Å². The Morgan fingerprint density at radius 2 is 2.05 bits per heavy atom. The highest BCUT2D eigenvalue weighted by atomic mass is 16.2. The smallest absolute Gasteiger partial charge is 0.227 e. The molecule has 0 spiro atoms. The Labute approximate surface area is 118 Å². The molecule has 4 nitrogen and oxygen atoms in total. The molecule has 0 aromatic heterocycles. The summed E-state index contributed by atoms with van der Waals surface area (Å²) in [5, 5.41) is 6.52. The van der Waals surface area contributed by atoms with Crippen molar-refractivity contribution in [2.24, 2.45) is 16.7 Å². The summed E-state index contributed by atoms with van der Waals surface area (Å²) in [7, 11) is 4.14. The van der Waals surface area contributed by atoms with E-state index >= 15 is 0 Å². The SMILES string of the molecule is CC(C)C1(C(=O)NCC(C)(C)CN(C)C)CCNC1. The molecule has 0 bridgehead atoms. The monoisotopic (exact) mass is 269 g/mol. The van der Waals surface area contributed by atoms with E-state index in [1.54, 1.807) is 0 Å². The summed E-state index contributed by atoms with van der Waals surface area (Å²) in [6, 6.07) is 0. The molecule has 1 aliphatic rings. The van der Waals surface area contributed by atoms with Crippen LogP contribution in [0.1, 0.15) is 34.1 Å². The molecule has 1 heterocycles. The number of amides is 1. The Hall–Kier alpha value is -0.610. The quantitative estimate of drug-likeness (QED) is 0.764. The number of nitrogens with zero attached hydrogens (tertiary/aromatic N) is 1. The third kappa shape index (κ3) is 4.18. The minimum absolute atomic E-state index is 0.101. The van der Waals surface area contributed by atoms with Crippen molar-refractivity contribution in [2.45, 2.75) is 34.1 Å². The van der Waals surface area contributed by atoms with Crippen LogP contribution in [0.3, 0.4) is 0 Å². The van der Waals surface area contributed by atoms with Crippen LogP contribution in [-0.4, -0.2) is 51.1 Å². The maximum atomic E-state index is 12.6. The van der Waals surface area contributed by atoms with E-state index in [0.717, 1.165) is 32.6 Å². The van der Waals surface area contributed by atoms with Crippen LogP contribution in [0.25, 0.3) is 0 Å². The van der Waals surface area contributed by atoms with Gasteiger partial charge in [0, 0.05) is 19.6 Å². The lowest BCUT2D eigenvalue weighted by atomic mass is 9.75. The molecule has 1 fully saturated rings. The summed E-state index contributed by atoms with van der Waals surface area (Å²) in [6.07, 6.45) is 0.949. The van der Waals surface area contributed by atoms with Crippen LogP contribution in [0.4, 0.5) is 0 Å². The van der Waals surface area contributed by atoms with Crippen LogP contribution >= 0.6 is 0 Å². The second-order valence-corrected chi connectivity index (χ2v) is 7.32. The van der Waals surface area contributed by atoms with Crippen LogP contribution in [-0.2, 0) is 4.79 Å². The second-order valence-electron chi connectivity index (χ2n) is 7.32. The summed E-state index contributed by atoms with van der Waals surface area (Å²) in [6.45, 7) is 12.2. The Morgan fingerprint density at radius 1 is 1.42 bits per heavy atom. The number of hydrogen-bond donors (Lipinski definition) is 2. The third-order valence-electron chi connectivity index (χ3n) is 4.22. The summed E-state index contributed by atoms with van der Waals surface area (Å²) in [4.78, 5) is 14.7. The minimum atomic E-state index is -0.214. The van der Waals surface area contributed by atoms with Crippen molar-refractivity contribution in [3.05, 3.63) is 0 Å². The molecule has 19 heavy (non-hydrogen) atoms. The Balaban J connectivity index is 2.59. The van der Waals surface area contributed by atoms with Gasteiger partial charge in [0.1, 0.15) is 0 Å². The van der Waals surface area contributed by atoms with Gasteiger partial charge in [-0.1, -0.05) is 27.7 Å². The van der Waals surface area contributed by atoms with Crippen LogP contribution in [0.5, 0.6) is 0 Å². The molecule has 112 valence electrons. The first-order chi connectivity index (χ1) is 8.69. The number of rotatable bonds is 6. The summed E-state index contributed by atoms with van der Waals surface area (Å²) in [5.41, 5.74) is -0.114. The van der Waals surface area contributed by atoms with Crippen LogP contribution in [0.2, 0.25) is 0 Å². The van der Waals surface area contributed by atoms with Gasteiger partial charge in [-0.2, -0.15) is 0 Å². The number of hydrogen-bond acceptors (Lipinski definition) is 3. The van der Waals surface area contributed by atoms with Gasteiger partial charge in [-0.25, -0.2) is 0 Å². The maximum absolute atomic E-state index is 12.6. The minimum Gasteiger partial charge on any atom is -0.355 e. The van der Waals surface area contributed by atoms with Crippen LogP contribution in [0.15, 0.2) is 0 Å². The highest BCUT2D eigenvalue weighted by Crippen LogP contribution is 2.34. The van der Waals surface area contributed by atoms with Crippen LogP contribution < -0.4 is 10.6 Å². The topological polar surface area (TPSA) is 44.4 Å². The Kier molecular flexibility index (Phi) is 5.39. The fourth-order valence-electron chi connectivity index (χ4n) is 3.07. The van der Waals surface area contributed by atoms with E-state index in [4.69, 9.17) is 0 Å². The number of nitrogens with one attached hydrogen (secondary N) is 2. The lowest BCUT2D eigenvalue weighted by Gasteiger charge is -2.34. The van der Waals surface area contributed by atoms with E-state index in [1.807, 2.05) is 0 Å². The largest absolute Gasteiger partial charge is 0.355 e. The van der Waals surface area contributed by atoms with E-state index in [0.29, 0.717) is 5.92 Å². The first-order valence-corrected chi connectivity index (χ1v) is 7.33. The maximum Gasteiger partial charge on any atom is 0.227 e. The molecular formula is C15H31N3O. The lowest BCUT2D eigenvalue weighted by molar-refractivity contribution is -0.133. The van der Waals surface area contributed by atoms with Gasteiger partial charge in [0.2, 0.25) is 5.91 Å². The second kappa shape index (κ2) is 6.23. The molecule has 1 rings (SSSR count). The first-order valence-electron chi connectivity index (χ1n) is 7.33. The standard InChI is InChI=1S/C15H31N3O/c1-12(2)15(7-8-16-10-15)13(19)17-9-14(3,4)11-18(5)6/h12,16H,7-11H2,1-6H3,(H,17,19). The average Bonchev–Trinajstić information content (AvgIpc) is 2.74. The molecule has 1 aliphatic heterocycles. The average molecular weight is 269 g/mol. The molecule has 0 aliphatic carbocycles. The summed E-state index contributed by atoms with van der Waals surface area (Å²) >= 11 is 0. The van der Waals surface area contributed by atoms with Crippen molar-refractivity contribution in [3.63, 3.8) is 0 Å². The molecule has 0 aromatic rings. The van der Waals surface area contributed by atoms with Gasteiger partial charge in [-0.05, 0) is 38.4 Å². The highest BCUT2D eigenvalue weighted by Gasteiger charge is 2.44. The van der Waals surface area contributed by atoms with E-state index in [-0.39, 0.29) is 16.7 Å². The van der Waals surface area contributed by atoms with Gasteiger partial charge in [-0.3, -0.25) is 4.79 Å². The number of carbonyl (C=O) groups is 1. The van der Waals surface area contributed by atoms with Crippen LogP contribution in [0, 0.1) is 16.7 Å². The normalized spacial score (nSPS) is 24.2. The molecule has 4 heteroatoms. The van der Waals surface area contributed by atoms with Crippen molar-refractivity contribution in [2.75, 3.05) is 40.3 Å². The zero-order chi connectivity index (χ0) is 14.7. The van der Waals surface area contributed by atoms with Gasteiger partial charge >= 0.3 is 0 Å². The fraction of sp³-hybridized carbons (Fsp3) is 0.933. The third-order valence-corrected chi connectivity index (χ3v) is 4.22. The Bertz CT molecular complexity index is 305. The molecule has 1 saturated heterocycles. The first kappa shape index (κ1) is 16.4. The van der Waals surface area contributed by atoms with Gasteiger partial charge in [0.05, 0.1) is 5.41 Å². The Morgan fingerprint density at radius 3 is 2.47 bits per heavy atom. The van der Waals surface area contributed by atoms with Crippen molar-refractivity contribution >= 4 is 5.91 Å². The number of carbonyl (C=O) groups excluding carboxylic acids is 1. The molecule has 2 N–H and O–H groups in total. The van der Waals surface area contributed by atoms with E-state index in [9.17, 15) is 4.79 Å². The molecule has 0 radical (unpaired) electrons. The molecule has 1 atom stereocenters. The van der Waals surface area contributed by atoms with Gasteiger partial charge in [0.25, 0.3) is 0 Å². The van der Waals surface area contributed by atoms with Gasteiger partial charge < -0.3 is 15.5 Å². The van der Waals surface area contributed by atoms with E-state index in [2.05, 4.69) is 57.3 Å². The molecule has 0 saturated carbocycles. The van der Waals surface area contributed by atoms with Crippen molar-refractivity contribution in [1.29, 1.82) is 0 Å². The van der Waals surface area contributed by atoms with Crippen molar-refractivity contribution < 1.29 is 4.79 Å². The van der Waals surface area contributed by atoms with Crippen molar-refractivity contribution in [1.82, 2.24) is 15.5 Å². The lowest BCUT2D eigenvalue weighted by Crippen LogP contribution is -2.49. The zero-order valence-corrected chi connectivity index (χ0v) is 13.5. The summed E-state index contributed by atoms with van der Waals surface area (Å²) in [5.74, 6) is 0.596.